The van der Waals surface area contributed by atoms with Gasteiger partial charge in [0.05, 0.1) is 13.5 Å². The quantitative estimate of drug-likeness (QED) is 0.846. The number of esters is 1. The number of fused-ring (bicyclic) bond motifs is 1. The van der Waals surface area contributed by atoms with Gasteiger partial charge in [0.1, 0.15) is 11.5 Å². The molecule has 0 unspecified atom stereocenters. The van der Waals surface area contributed by atoms with Crippen molar-refractivity contribution in [1.29, 1.82) is 0 Å². The number of ether oxygens (including phenoxy) is 3. The third-order valence-corrected chi connectivity index (χ3v) is 3.41. The summed E-state index contributed by atoms with van der Waals surface area (Å²) in [4.78, 5) is 11.5. The minimum Gasteiger partial charge on any atom is -0.508 e. The number of hydrogen-bond donors (Lipinski definition) is 2. The molecule has 1 heterocycles. The number of methoxy groups -OCH3 is 1. The highest BCUT2D eigenvalue weighted by molar-refractivity contribution is 5.82. The maximum Gasteiger partial charge on any atom is 0.310 e. The molecule has 0 fully saturated rings. The van der Waals surface area contributed by atoms with Gasteiger partial charge in [0.25, 0.3) is 0 Å². The summed E-state index contributed by atoms with van der Waals surface area (Å²) in [5.74, 6) is 0.469. The van der Waals surface area contributed by atoms with Crippen LogP contribution < -0.4 is 9.47 Å². The SMILES string of the molecule is COC(=O)Cc1cc(O)cc(O)c1-c1ccc2c(c1)OCO2. The Hall–Kier alpha value is -2.89. The molecule has 6 nitrogen and oxygen atoms in total. The van der Waals surface area contributed by atoms with E-state index in [-0.39, 0.29) is 24.7 Å². The number of carbonyl (C=O) groups is 1. The van der Waals surface area contributed by atoms with Gasteiger partial charge >= 0.3 is 5.97 Å². The van der Waals surface area contributed by atoms with Crippen LogP contribution in [0.2, 0.25) is 0 Å². The number of aromatic hydroxyl groups is 2. The van der Waals surface area contributed by atoms with E-state index in [0.717, 1.165) is 0 Å². The van der Waals surface area contributed by atoms with Gasteiger partial charge in [-0.25, -0.2) is 0 Å². The molecule has 2 aromatic rings. The van der Waals surface area contributed by atoms with Gasteiger partial charge < -0.3 is 24.4 Å². The Morgan fingerprint density at radius 1 is 1.18 bits per heavy atom. The second kappa shape index (κ2) is 5.48. The number of rotatable bonds is 3. The van der Waals surface area contributed by atoms with Crippen molar-refractivity contribution in [1.82, 2.24) is 0 Å². The summed E-state index contributed by atoms with van der Waals surface area (Å²) < 4.78 is 15.2. The fraction of sp³-hybridized carbons (Fsp3) is 0.188. The molecule has 0 amide bonds. The highest BCUT2D eigenvalue weighted by Crippen LogP contribution is 2.41. The van der Waals surface area contributed by atoms with Crippen LogP contribution in [-0.4, -0.2) is 30.1 Å². The van der Waals surface area contributed by atoms with Crippen LogP contribution in [0, 0.1) is 0 Å². The first-order valence-corrected chi connectivity index (χ1v) is 6.60. The van der Waals surface area contributed by atoms with E-state index in [1.54, 1.807) is 18.2 Å². The van der Waals surface area contributed by atoms with E-state index in [9.17, 15) is 15.0 Å². The summed E-state index contributed by atoms with van der Waals surface area (Å²) >= 11 is 0. The van der Waals surface area contributed by atoms with Crippen LogP contribution in [0.5, 0.6) is 23.0 Å². The summed E-state index contributed by atoms with van der Waals surface area (Å²) in [5, 5.41) is 19.8. The van der Waals surface area contributed by atoms with Crippen molar-refractivity contribution in [2.24, 2.45) is 0 Å². The maximum atomic E-state index is 11.5. The van der Waals surface area contributed by atoms with Gasteiger partial charge in [-0.05, 0) is 29.3 Å². The molecule has 0 bridgehead atoms. The van der Waals surface area contributed by atoms with Crippen molar-refractivity contribution in [2.45, 2.75) is 6.42 Å². The third-order valence-electron chi connectivity index (χ3n) is 3.41. The molecule has 2 N–H and O–H groups in total. The summed E-state index contributed by atoms with van der Waals surface area (Å²) in [6.07, 6.45) is -0.0672. The lowest BCUT2D eigenvalue weighted by molar-refractivity contribution is -0.139. The van der Waals surface area contributed by atoms with Crippen LogP contribution in [0.3, 0.4) is 0 Å². The van der Waals surface area contributed by atoms with Crippen molar-refractivity contribution in [3.63, 3.8) is 0 Å². The van der Waals surface area contributed by atoms with E-state index >= 15 is 0 Å². The first-order chi connectivity index (χ1) is 10.6. The molecule has 2 aromatic carbocycles. The number of carbonyl (C=O) groups excluding carboxylic acids is 1. The molecule has 22 heavy (non-hydrogen) atoms. The zero-order valence-electron chi connectivity index (χ0n) is 11.8. The monoisotopic (exact) mass is 302 g/mol. The predicted molar refractivity (Wildman–Crippen MR) is 77.1 cm³/mol. The standard InChI is InChI=1S/C16H14O6/c1-20-15(19)6-10-4-11(17)7-12(18)16(10)9-2-3-13-14(5-9)22-8-21-13/h2-5,7,17-18H,6,8H2,1H3. The molecule has 3 rings (SSSR count). The Balaban J connectivity index is 2.10. The van der Waals surface area contributed by atoms with E-state index in [0.29, 0.717) is 28.2 Å². The minimum absolute atomic E-state index is 0.0672. The average Bonchev–Trinajstić information content (AvgIpc) is 2.94. The van der Waals surface area contributed by atoms with E-state index < -0.39 is 5.97 Å². The van der Waals surface area contributed by atoms with Gasteiger partial charge in [0.2, 0.25) is 6.79 Å². The molecule has 0 aliphatic carbocycles. The molecular formula is C16H14O6. The number of phenolic OH excluding ortho intramolecular Hbond substituents is 2. The van der Waals surface area contributed by atoms with Gasteiger partial charge in [-0.3, -0.25) is 4.79 Å². The van der Waals surface area contributed by atoms with Crippen LogP contribution in [-0.2, 0) is 16.0 Å². The van der Waals surface area contributed by atoms with Gasteiger partial charge in [-0.1, -0.05) is 6.07 Å². The number of benzene rings is 2. The van der Waals surface area contributed by atoms with Crippen molar-refractivity contribution in [2.75, 3.05) is 13.9 Å². The van der Waals surface area contributed by atoms with Crippen molar-refractivity contribution in [3.05, 3.63) is 35.9 Å². The topological polar surface area (TPSA) is 85.2 Å². The number of hydrogen-bond acceptors (Lipinski definition) is 6. The van der Waals surface area contributed by atoms with Gasteiger partial charge in [0.15, 0.2) is 11.5 Å². The van der Waals surface area contributed by atoms with Crippen LogP contribution in [0.25, 0.3) is 11.1 Å². The van der Waals surface area contributed by atoms with Crippen LogP contribution in [0.15, 0.2) is 30.3 Å². The molecule has 6 heteroatoms. The highest BCUT2D eigenvalue weighted by Gasteiger charge is 2.19. The Kier molecular flexibility index (Phi) is 3.50. The summed E-state index contributed by atoms with van der Waals surface area (Å²) in [7, 11) is 1.28. The van der Waals surface area contributed by atoms with Gasteiger partial charge in [-0.2, -0.15) is 0 Å². The molecule has 0 saturated carbocycles. The van der Waals surface area contributed by atoms with E-state index in [1.165, 1.54) is 19.2 Å². The maximum absolute atomic E-state index is 11.5. The van der Waals surface area contributed by atoms with Crippen molar-refractivity contribution >= 4 is 5.97 Å². The predicted octanol–water partition coefficient (Wildman–Crippen LogP) is 2.21. The molecular weight excluding hydrogens is 288 g/mol. The minimum atomic E-state index is -0.466. The zero-order chi connectivity index (χ0) is 15.7. The Labute approximate surface area is 126 Å². The summed E-state index contributed by atoms with van der Waals surface area (Å²) in [6, 6.07) is 7.85. The van der Waals surface area contributed by atoms with E-state index in [4.69, 9.17) is 9.47 Å². The van der Waals surface area contributed by atoms with Crippen molar-refractivity contribution < 1.29 is 29.2 Å². The zero-order valence-corrected chi connectivity index (χ0v) is 11.8. The Morgan fingerprint density at radius 2 is 1.95 bits per heavy atom. The Morgan fingerprint density at radius 3 is 2.73 bits per heavy atom. The van der Waals surface area contributed by atoms with E-state index in [1.807, 2.05) is 0 Å². The fourth-order valence-corrected chi connectivity index (χ4v) is 2.42. The van der Waals surface area contributed by atoms with Gasteiger partial charge in [0, 0.05) is 11.6 Å². The third kappa shape index (κ3) is 2.50. The molecule has 1 aliphatic rings. The lowest BCUT2D eigenvalue weighted by atomic mass is 9.96. The first-order valence-electron chi connectivity index (χ1n) is 6.60. The Bertz CT molecular complexity index is 738. The summed E-state index contributed by atoms with van der Waals surface area (Å²) in [5.41, 5.74) is 1.56. The van der Waals surface area contributed by atoms with Gasteiger partial charge in [-0.15, -0.1) is 0 Å². The second-order valence-corrected chi connectivity index (χ2v) is 4.82. The largest absolute Gasteiger partial charge is 0.508 e. The fourth-order valence-electron chi connectivity index (χ4n) is 2.42. The molecule has 0 atom stereocenters. The molecule has 0 saturated heterocycles. The van der Waals surface area contributed by atoms with Crippen LogP contribution in [0.4, 0.5) is 0 Å². The number of phenols is 2. The second-order valence-electron chi connectivity index (χ2n) is 4.82. The molecule has 1 aliphatic heterocycles. The van der Waals surface area contributed by atoms with E-state index in [2.05, 4.69) is 4.74 Å². The van der Waals surface area contributed by atoms with Crippen LogP contribution in [0.1, 0.15) is 5.56 Å². The average molecular weight is 302 g/mol. The summed E-state index contributed by atoms with van der Waals surface area (Å²) in [6.45, 7) is 0.148. The normalized spacial score (nSPS) is 12.2. The van der Waals surface area contributed by atoms with Crippen LogP contribution >= 0.6 is 0 Å². The highest BCUT2D eigenvalue weighted by atomic mass is 16.7. The van der Waals surface area contributed by atoms with Crippen molar-refractivity contribution in [3.8, 4) is 34.1 Å². The molecule has 114 valence electrons. The lowest BCUT2D eigenvalue weighted by Gasteiger charge is -2.12. The lowest BCUT2D eigenvalue weighted by Crippen LogP contribution is -2.05. The first kappa shape index (κ1) is 14.1. The molecule has 0 aromatic heterocycles. The molecule has 0 radical (unpaired) electrons. The smallest absolute Gasteiger partial charge is 0.310 e. The molecule has 0 spiro atoms.